The van der Waals surface area contributed by atoms with Crippen LogP contribution in [0, 0.1) is 5.82 Å². The van der Waals surface area contributed by atoms with Gasteiger partial charge in [-0.15, -0.1) is 11.3 Å². The summed E-state index contributed by atoms with van der Waals surface area (Å²) in [4.78, 5) is 35.6. The van der Waals surface area contributed by atoms with Gasteiger partial charge in [-0.2, -0.15) is 0 Å². The first kappa shape index (κ1) is 35.9. The van der Waals surface area contributed by atoms with Crippen molar-refractivity contribution in [3.05, 3.63) is 105 Å². The topological polar surface area (TPSA) is 129 Å². The molecular formula is C34H41FN4O6S2. The fourth-order valence-corrected chi connectivity index (χ4v) is 6.19. The van der Waals surface area contributed by atoms with Crippen LogP contribution < -0.4 is 5.32 Å². The van der Waals surface area contributed by atoms with Crippen LogP contribution in [0.2, 0.25) is 0 Å². The number of esters is 1. The largest absolute Gasteiger partial charge is 0.458 e. The molecule has 0 aliphatic carbocycles. The number of sulfone groups is 1. The molecule has 0 saturated carbocycles. The molecule has 47 heavy (non-hydrogen) atoms. The molecule has 13 heteroatoms. The maximum atomic E-state index is 13.9. The lowest BCUT2D eigenvalue weighted by molar-refractivity contribution is -0.157. The van der Waals surface area contributed by atoms with Gasteiger partial charge in [0.2, 0.25) is 0 Å². The number of nitrogens with one attached hydrogen (secondary N) is 1. The third kappa shape index (κ3) is 11.4. The first-order valence-electron chi connectivity index (χ1n) is 15.2. The van der Waals surface area contributed by atoms with Gasteiger partial charge in [-0.1, -0.05) is 24.3 Å². The summed E-state index contributed by atoms with van der Waals surface area (Å²) in [5.41, 5.74) is 2.77. The molecule has 0 bridgehead atoms. The molecule has 2 aromatic heterocycles. The predicted octanol–water partition coefficient (Wildman–Crippen LogP) is 5.18. The Morgan fingerprint density at radius 1 is 1.09 bits per heavy atom. The van der Waals surface area contributed by atoms with Gasteiger partial charge in [0.25, 0.3) is 5.91 Å². The van der Waals surface area contributed by atoms with E-state index >= 15 is 0 Å². The molecule has 0 radical (unpaired) electrons. The number of benzene rings is 2. The van der Waals surface area contributed by atoms with Gasteiger partial charge in [-0.05, 0) is 74.9 Å². The van der Waals surface area contributed by atoms with Gasteiger partial charge >= 0.3 is 5.97 Å². The lowest BCUT2D eigenvalue weighted by Crippen LogP contribution is -2.45. The van der Waals surface area contributed by atoms with Crippen LogP contribution in [0.3, 0.4) is 0 Å². The number of rotatable bonds is 15. The van der Waals surface area contributed by atoms with E-state index < -0.39 is 33.4 Å². The van der Waals surface area contributed by atoms with Crippen LogP contribution in [0.4, 0.5) is 4.39 Å². The van der Waals surface area contributed by atoms with Crippen LogP contribution in [0.15, 0.2) is 66.6 Å². The van der Waals surface area contributed by atoms with E-state index in [2.05, 4.69) is 15.3 Å². The number of carbonyl (C=O) groups is 2. The molecule has 1 N–H and O–H groups in total. The number of hydrogen-bond donors (Lipinski definition) is 1. The van der Waals surface area contributed by atoms with Crippen LogP contribution in [0.25, 0.3) is 0 Å². The number of amides is 1. The number of halogens is 1. The third-order valence-electron chi connectivity index (χ3n) is 7.28. The van der Waals surface area contributed by atoms with Crippen LogP contribution in [-0.2, 0) is 57.0 Å². The maximum Gasteiger partial charge on any atom is 0.329 e. The summed E-state index contributed by atoms with van der Waals surface area (Å²) in [5, 5.41) is 5.44. The molecule has 0 fully saturated rings. The minimum Gasteiger partial charge on any atom is -0.458 e. The van der Waals surface area contributed by atoms with Crippen molar-refractivity contribution in [3.8, 4) is 0 Å². The second kappa shape index (κ2) is 15.8. The fourth-order valence-electron chi connectivity index (χ4n) is 4.84. The second-order valence-corrected chi connectivity index (χ2v) is 15.7. The van der Waals surface area contributed by atoms with E-state index in [0.29, 0.717) is 30.4 Å². The zero-order valence-electron chi connectivity index (χ0n) is 27.2. The highest BCUT2D eigenvalue weighted by molar-refractivity contribution is 7.90. The van der Waals surface area contributed by atoms with Crippen molar-refractivity contribution in [2.75, 3.05) is 12.0 Å². The van der Waals surface area contributed by atoms with Gasteiger partial charge in [-0.25, -0.2) is 27.6 Å². The molecule has 1 unspecified atom stereocenters. The third-order valence-corrected chi connectivity index (χ3v) is 9.12. The molecule has 0 saturated heterocycles. The molecule has 1 amide bonds. The average Bonchev–Trinajstić information content (AvgIpc) is 3.68. The number of carbonyl (C=O) groups excluding carboxylic acids is 2. The Hall–Kier alpha value is -3.94. The highest BCUT2D eigenvalue weighted by Crippen LogP contribution is 2.26. The van der Waals surface area contributed by atoms with E-state index in [1.807, 2.05) is 29.1 Å². The molecule has 4 aromatic rings. The number of thiazole rings is 1. The summed E-state index contributed by atoms with van der Waals surface area (Å²) in [7, 11) is -1.51. The second-order valence-electron chi connectivity index (χ2n) is 12.5. The van der Waals surface area contributed by atoms with Gasteiger partial charge in [-0.3, -0.25) is 4.79 Å². The molecule has 0 aliphatic heterocycles. The maximum absolute atomic E-state index is 13.9. The summed E-state index contributed by atoms with van der Waals surface area (Å²) < 4.78 is 51.2. The van der Waals surface area contributed by atoms with Crippen molar-refractivity contribution in [2.45, 2.75) is 70.8 Å². The van der Waals surface area contributed by atoms with Crippen LogP contribution in [0.1, 0.15) is 71.0 Å². The number of imidazole rings is 1. The number of hydrogen-bond acceptors (Lipinski definition) is 9. The lowest BCUT2D eigenvalue weighted by atomic mass is 9.97. The summed E-state index contributed by atoms with van der Waals surface area (Å²) in [5.74, 6) is -1.91. The van der Waals surface area contributed by atoms with E-state index in [1.54, 1.807) is 57.7 Å². The van der Waals surface area contributed by atoms with E-state index in [-0.39, 0.29) is 30.7 Å². The van der Waals surface area contributed by atoms with Gasteiger partial charge in [0.05, 0.1) is 18.7 Å². The van der Waals surface area contributed by atoms with Crippen molar-refractivity contribution in [1.82, 2.24) is 19.9 Å². The van der Waals surface area contributed by atoms with Crippen molar-refractivity contribution >= 4 is 33.1 Å². The minimum absolute atomic E-state index is 0.142. The molecule has 2 atom stereocenters. The van der Waals surface area contributed by atoms with E-state index in [0.717, 1.165) is 28.1 Å². The number of aryl methyl sites for hydroxylation is 3. The van der Waals surface area contributed by atoms with Crippen molar-refractivity contribution in [3.63, 3.8) is 0 Å². The van der Waals surface area contributed by atoms with Crippen LogP contribution in [-0.4, -0.2) is 58.5 Å². The Kier molecular flexibility index (Phi) is 12.0. The monoisotopic (exact) mass is 684 g/mol. The van der Waals surface area contributed by atoms with Crippen LogP contribution >= 0.6 is 11.3 Å². The normalized spacial score (nSPS) is 13.2. The Morgan fingerprint density at radius 2 is 1.81 bits per heavy atom. The zero-order valence-corrected chi connectivity index (χ0v) is 28.9. The summed E-state index contributed by atoms with van der Waals surface area (Å²) in [6, 6.07) is 10.4. The number of ether oxygens (including phenoxy) is 2. The predicted molar refractivity (Wildman–Crippen MR) is 178 cm³/mol. The molecule has 0 aliphatic rings. The first-order chi connectivity index (χ1) is 22.2. The first-order valence-corrected chi connectivity index (χ1v) is 18.1. The number of nitrogens with zero attached hydrogens (tertiary/aromatic N) is 3. The molecule has 2 heterocycles. The van der Waals surface area contributed by atoms with Crippen LogP contribution in [0.5, 0.6) is 0 Å². The Labute approximate surface area is 279 Å². The fraction of sp³-hybridized carbons (Fsp3) is 0.412. The Bertz CT molecular complexity index is 1750. The highest BCUT2D eigenvalue weighted by Gasteiger charge is 2.29. The van der Waals surface area contributed by atoms with Crippen molar-refractivity contribution in [1.29, 1.82) is 0 Å². The number of aromatic nitrogens is 3. The molecule has 4 rings (SSSR count). The van der Waals surface area contributed by atoms with E-state index in [1.165, 1.54) is 23.5 Å². The van der Waals surface area contributed by atoms with E-state index in [9.17, 15) is 22.4 Å². The zero-order chi connectivity index (χ0) is 34.2. The molecule has 0 spiro atoms. The summed E-state index contributed by atoms with van der Waals surface area (Å²) in [6.45, 7) is 5.27. The van der Waals surface area contributed by atoms with Gasteiger partial charge < -0.3 is 19.4 Å². The Balaban J connectivity index is 1.60. The summed E-state index contributed by atoms with van der Waals surface area (Å²) in [6.07, 6.45) is 7.36. The molecule has 252 valence electrons. The molecule has 10 nitrogen and oxygen atoms in total. The van der Waals surface area contributed by atoms with Gasteiger partial charge in [0.15, 0.2) is 0 Å². The quantitative estimate of drug-likeness (QED) is 0.170. The lowest BCUT2D eigenvalue weighted by Gasteiger charge is -2.25. The average molecular weight is 685 g/mol. The minimum atomic E-state index is -3.42. The van der Waals surface area contributed by atoms with Gasteiger partial charge in [0.1, 0.15) is 38.4 Å². The summed E-state index contributed by atoms with van der Waals surface area (Å²) >= 11 is 1.49. The smallest absolute Gasteiger partial charge is 0.329 e. The molecular weight excluding hydrogens is 644 g/mol. The van der Waals surface area contributed by atoms with Crippen molar-refractivity contribution in [2.24, 2.45) is 7.05 Å². The standard InChI is InChI=1S/C34H41FN4O6S2/c1-34(2,3)45-33(41)29(14-17-47(5,42)43)38-31(40)28-18-24(7-11-25(28)10-6-23-8-12-26(35)13-9-23)21-44-30(32-37-15-16-46-32)19-27-20-36-22-39(27)4/h7-9,11-13,15-16,18,20,22,29-30H,6,10,14,17,19,21H2,1-5H3,(H,38,40)/t29-,30?/m0/s1. The molecule has 2 aromatic carbocycles. The Morgan fingerprint density at radius 3 is 2.43 bits per heavy atom. The van der Waals surface area contributed by atoms with Gasteiger partial charge in [0, 0.05) is 48.8 Å². The highest BCUT2D eigenvalue weighted by atomic mass is 32.2. The van der Waals surface area contributed by atoms with Crippen molar-refractivity contribution < 1.29 is 31.9 Å². The van der Waals surface area contributed by atoms with E-state index in [4.69, 9.17) is 9.47 Å². The SMILES string of the molecule is Cn1cncc1CC(OCc1ccc(CCc2ccc(F)cc2)c(C(=O)N[C@@H](CCS(C)(=O)=O)C(=O)OC(C)(C)C)c1)c1nccs1.